The Bertz CT molecular complexity index is 355. The Labute approximate surface area is 122 Å². The van der Waals surface area contributed by atoms with Crippen molar-refractivity contribution >= 4 is 0 Å². The van der Waals surface area contributed by atoms with Crippen molar-refractivity contribution in [2.24, 2.45) is 0 Å². The molecule has 0 atom stereocenters. The Morgan fingerprint density at radius 1 is 0.667 bits per heavy atom. The molecule has 3 rings (SSSR count). The van der Waals surface area contributed by atoms with Crippen LogP contribution in [-0.4, -0.2) is 0 Å². The van der Waals surface area contributed by atoms with Crippen molar-refractivity contribution in [3.8, 4) is 0 Å². The van der Waals surface area contributed by atoms with Gasteiger partial charge in [-0.05, 0) is 19.8 Å². The maximum Gasteiger partial charge on any atom is 0 e. The number of rotatable bonds is 0. The number of hydrogen-bond donors (Lipinski definition) is 0. The van der Waals surface area contributed by atoms with Crippen molar-refractivity contribution in [2.75, 3.05) is 0 Å². The predicted molar refractivity (Wildman–Crippen MR) is 77.0 cm³/mol. The van der Waals surface area contributed by atoms with Crippen molar-refractivity contribution in [1.82, 2.24) is 0 Å². The van der Waals surface area contributed by atoms with E-state index in [0.717, 1.165) is 12.8 Å². The van der Waals surface area contributed by atoms with E-state index in [2.05, 4.69) is 67.7 Å². The van der Waals surface area contributed by atoms with E-state index in [4.69, 9.17) is 0 Å². The maximum absolute atomic E-state index is 2.12. The molecule has 0 nitrogen and oxygen atoms in total. The number of allylic oxidation sites excluding steroid dienone is 8. The summed E-state index contributed by atoms with van der Waals surface area (Å²) in [6.07, 6.45) is 19.0. The van der Waals surface area contributed by atoms with Crippen LogP contribution < -0.4 is 0 Å². The first-order chi connectivity index (χ1) is 8.39. The molecule has 0 spiro atoms. The van der Waals surface area contributed by atoms with Gasteiger partial charge in [0.2, 0.25) is 0 Å². The molecule has 0 fully saturated rings. The molecule has 94 valence electrons. The quantitative estimate of drug-likeness (QED) is 0.625. The van der Waals surface area contributed by atoms with Crippen LogP contribution in [0.25, 0.3) is 0 Å². The molecule has 1 aromatic rings. The fraction of sp³-hybridized carbons (Fsp3) is 0.176. The van der Waals surface area contributed by atoms with Gasteiger partial charge < -0.3 is 0 Å². The van der Waals surface area contributed by atoms with Gasteiger partial charge in [-0.3, -0.25) is 0 Å². The summed E-state index contributed by atoms with van der Waals surface area (Å²) in [7, 11) is 0. The molecule has 0 aliphatic heterocycles. The first-order valence-electron chi connectivity index (χ1n) is 6.04. The molecule has 0 amide bonds. The van der Waals surface area contributed by atoms with Gasteiger partial charge in [0.05, 0.1) is 0 Å². The average molecular weight is 276 g/mol. The third kappa shape index (κ3) is 9.90. The van der Waals surface area contributed by atoms with Gasteiger partial charge in [-0.2, -0.15) is 0 Å². The second-order valence-corrected chi connectivity index (χ2v) is 3.84. The summed E-state index contributed by atoms with van der Waals surface area (Å²) in [6.45, 7) is 2.08. The van der Waals surface area contributed by atoms with E-state index in [-0.39, 0.29) is 17.4 Å². The molecule has 0 radical (unpaired) electrons. The number of benzene rings is 1. The molecular formula is C17H20Cr. The Balaban J connectivity index is 0.000000239. The van der Waals surface area contributed by atoms with Gasteiger partial charge in [0, 0.05) is 17.4 Å². The van der Waals surface area contributed by atoms with Crippen molar-refractivity contribution in [3.63, 3.8) is 0 Å². The monoisotopic (exact) mass is 276 g/mol. The standard InChI is InChI=1S/C7H8.2C5H6.Cr/c1-7-5-3-2-4-6-7;2*1-2-4-5-3-1;/h2-6H,1H3;2*1-4H,5H2;. The van der Waals surface area contributed by atoms with Gasteiger partial charge in [-0.25, -0.2) is 0 Å². The Hall–Kier alpha value is -1.29. The van der Waals surface area contributed by atoms with Crippen LogP contribution in [0, 0.1) is 6.92 Å². The zero-order valence-electron chi connectivity index (χ0n) is 10.8. The van der Waals surface area contributed by atoms with E-state index in [0.29, 0.717) is 0 Å². The van der Waals surface area contributed by atoms with Crippen LogP contribution >= 0.6 is 0 Å². The average Bonchev–Trinajstić information content (AvgIpc) is 3.09. The molecule has 1 heteroatoms. The summed E-state index contributed by atoms with van der Waals surface area (Å²) in [5.41, 5.74) is 1.32. The van der Waals surface area contributed by atoms with Gasteiger partial charge in [0.25, 0.3) is 0 Å². The minimum atomic E-state index is 0. The minimum absolute atomic E-state index is 0. The van der Waals surface area contributed by atoms with Gasteiger partial charge in [0.1, 0.15) is 0 Å². The summed E-state index contributed by atoms with van der Waals surface area (Å²) >= 11 is 0. The van der Waals surface area contributed by atoms with Crippen molar-refractivity contribution in [2.45, 2.75) is 19.8 Å². The van der Waals surface area contributed by atoms with Crippen LogP contribution in [0.3, 0.4) is 0 Å². The molecule has 2 aliphatic rings. The zero-order valence-corrected chi connectivity index (χ0v) is 12.1. The Kier molecular flexibility index (Phi) is 11.3. The van der Waals surface area contributed by atoms with Gasteiger partial charge in [-0.15, -0.1) is 0 Å². The Morgan fingerprint density at radius 3 is 1.22 bits per heavy atom. The molecule has 0 N–H and O–H groups in total. The summed E-state index contributed by atoms with van der Waals surface area (Å²) in [5.74, 6) is 0. The topological polar surface area (TPSA) is 0 Å². The summed E-state index contributed by atoms with van der Waals surface area (Å²) in [5, 5.41) is 0. The molecular weight excluding hydrogens is 256 g/mol. The number of hydrogen-bond acceptors (Lipinski definition) is 0. The SMILES string of the molecule is C1=CCC=C1.C1=CCC=C1.Cc1ccccc1.[Cr]. The first kappa shape index (κ1) is 16.7. The summed E-state index contributed by atoms with van der Waals surface area (Å²) < 4.78 is 0. The van der Waals surface area contributed by atoms with Crippen molar-refractivity contribution in [1.29, 1.82) is 0 Å². The van der Waals surface area contributed by atoms with E-state index in [9.17, 15) is 0 Å². The largest absolute Gasteiger partial charge is 0.0808 e. The molecule has 0 saturated heterocycles. The third-order valence-corrected chi connectivity index (χ3v) is 2.25. The molecule has 0 heterocycles. The molecule has 2 aliphatic carbocycles. The summed E-state index contributed by atoms with van der Waals surface area (Å²) in [6, 6.07) is 10.3. The van der Waals surface area contributed by atoms with Crippen LogP contribution in [0.1, 0.15) is 18.4 Å². The second-order valence-electron chi connectivity index (χ2n) is 3.84. The molecule has 0 unspecified atom stereocenters. The molecule has 0 saturated carbocycles. The van der Waals surface area contributed by atoms with E-state index < -0.39 is 0 Å². The van der Waals surface area contributed by atoms with Crippen LogP contribution in [0.15, 0.2) is 78.9 Å². The Morgan fingerprint density at radius 2 is 1.06 bits per heavy atom. The van der Waals surface area contributed by atoms with Gasteiger partial charge in [0.15, 0.2) is 0 Å². The van der Waals surface area contributed by atoms with E-state index in [1.165, 1.54) is 5.56 Å². The van der Waals surface area contributed by atoms with Gasteiger partial charge >= 0.3 is 0 Å². The fourth-order valence-electron chi connectivity index (χ4n) is 1.32. The van der Waals surface area contributed by atoms with Crippen LogP contribution in [0.2, 0.25) is 0 Å². The minimum Gasteiger partial charge on any atom is -0.0808 e. The smallest absolute Gasteiger partial charge is 0 e. The van der Waals surface area contributed by atoms with E-state index in [1.807, 2.05) is 18.2 Å². The fourth-order valence-corrected chi connectivity index (χ4v) is 1.32. The van der Waals surface area contributed by atoms with Crippen LogP contribution in [0.5, 0.6) is 0 Å². The van der Waals surface area contributed by atoms with Crippen LogP contribution in [0.4, 0.5) is 0 Å². The maximum atomic E-state index is 2.12. The first-order valence-corrected chi connectivity index (χ1v) is 6.04. The zero-order chi connectivity index (χ0) is 12.2. The second kappa shape index (κ2) is 12.2. The molecule has 0 aromatic heterocycles. The third-order valence-electron chi connectivity index (χ3n) is 2.25. The normalized spacial score (nSPS) is 13.2. The van der Waals surface area contributed by atoms with Crippen molar-refractivity contribution in [3.05, 3.63) is 84.5 Å². The summed E-state index contributed by atoms with van der Waals surface area (Å²) in [4.78, 5) is 0. The van der Waals surface area contributed by atoms with E-state index in [1.54, 1.807) is 0 Å². The van der Waals surface area contributed by atoms with Crippen LogP contribution in [-0.2, 0) is 17.4 Å². The van der Waals surface area contributed by atoms with Gasteiger partial charge in [-0.1, -0.05) is 84.5 Å². The van der Waals surface area contributed by atoms with Crippen molar-refractivity contribution < 1.29 is 17.4 Å². The molecule has 0 bridgehead atoms. The molecule has 18 heavy (non-hydrogen) atoms. The number of aryl methyl sites for hydroxylation is 1. The molecule has 1 aromatic carbocycles. The predicted octanol–water partition coefficient (Wildman–Crippen LogP) is 5.00. The van der Waals surface area contributed by atoms with E-state index >= 15 is 0 Å².